The minimum Gasteiger partial charge on any atom is -0.256 e. The molecule has 0 aliphatic rings. The Bertz CT molecular complexity index is 3020. The number of aromatic nitrogens is 4. The highest BCUT2D eigenvalue weighted by molar-refractivity contribution is 6.07. The van der Waals surface area contributed by atoms with Crippen LogP contribution in [0.15, 0.2) is 219 Å². The molecule has 0 unspecified atom stereocenters. The lowest BCUT2D eigenvalue weighted by Crippen LogP contribution is -2.01. The maximum Gasteiger partial charge on any atom is 0.164 e. The fourth-order valence-electron chi connectivity index (χ4n) is 7.85. The summed E-state index contributed by atoms with van der Waals surface area (Å²) < 4.78 is 0. The zero-order chi connectivity index (χ0) is 38.7. The van der Waals surface area contributed by atoms with Gasteiger partial charge in [0.1, 0.15) is 0 Å². The highest BCUT2D eigenvalue weighted by Crippen LogP contribution is 2.50. The second kappa shape index (κ2) is 15.4. The number of fused-ring (bicyclic) bond motifs is 1. The van der Waals surface area contributed by atoms with Gasteiger partial charge in [-0.25, -0.2) is 15.0 Å². The highest BCUT2D eigenvalue weighted by Gasteiger charge is 2.24. The van der Waals surface area contributed by atoms with E-state index in [2.05, 4.69) is 169 Å². The molecule has 0 aliphatic carbocycles. The van der Waals surface area contributed by atoms with E-state index >= 15 is 0 Å². The average molecular weight is 741 g/mol. The van der Waals surface area contributed by atoms with E-state index in [1.807, 2.05) is 54.7 Å². The summed E-state index contributed by atoms with van der Waals surface area (Å²) in [6, 6.07) is 74.4. The van der Waals surface area contributed by atoms with Crippen LogP contribution >= 0.6 is 0 Å². The SMILES string of the molecule is c1ccc(-c2nc(-c3cccc(-c4cc(-c5ccccc5)c(-c5ccccc5)c(-c5ccccc5)c4-c4ccccc4)c3)nc(-c3ccc4ncccc4c3)n2)cc1. The molecule has 2 aromatic heterocycles. The summed E-state index contributed by atoms with van der Waals surface area (Å²) in [5, 5.41) is 1.03. The van der Waals surface area contributed by atoms with Crippen molar-refractivity contribution >= 4 is 10.9 Å². The van der Waals surface area contributed by atoms with Crippen LogP contribution in [0.2, 0.25) is 0 Å². The topological polar surface area (TPSA) is 51.6 Å². The molecule has 0 atom stereocenters. The average Bonchev–Trinajstić information content (AvgIpc) is 3.32. The molecule has 8 aromatic carbocycles. The first-order valence-corrected chi connectivity index (χ1v) is 19.5. The summed E-state index contributed by atoms with van der Waals surface area (Å²) in [5.74, 6) is 1.83. The van der Waals surface area contributed by atoms with E-state index in [0.717, 1.165) is 72.1 Å². The molecular weight excluding hydrogens is 705 g/mol. The molecule has 0 fully saturated rings. The number of hydrogen-bond acceptors (Lipinski definition) is 4. The van der Waals surface area contributed by atoms with Crippen LogP contribution in [0.1, 0.15) is 0 Å². The van der Waals surface area contributed by atoms with Crippen LogP contribution in [-0.2, 0) is 0 Å². The molecule has 4 nitrogen and oxygen atoms in total. The lowest BCUT2D eigenvalue weighted by Gasteiger charge is -2.24. The molecule has 58 heavy (non-hydrogen) atoms. The van der Waals surface area contributed by atoms with Crippen LogP contribution in [-0.4, -0.2) is 19.9 Å². The molecule has 0 amide bonds. The summed E-state index contributed by atoms with van der Waals surface area (Å²) in [6.45, 7) is 0. The Kier molecular flexibility index (Phi) is 9.18. The van der Waals surface area contributed by atoms with Crippen molar-refractivity contribution in [3.8, 4) is 89.8 Å². The van der Waals surface area contributed by atoms with Crippen molar-refractivity contribution < 1.29 is 0 Å². The van der Waals surface area contributed by atoms with Gasteiger partial charge in [0.15, 0.2) is 17.5 Å². The van der Waals surface area contributed by atoms with Gasteiger partial charge >= 0.3 is 0 Å². The molecule has 272 valence electrons. The van der Waals surface area contributed by atoms with Crippen LogP contribution in [0.3, 0.4) is 0 Å². The summed E-state index contributed by atoms with van der Waals surface area (Å²) in [5.41, 5.74) is 15.1. The molecule has 0 saturated heterocycles. The molecule has 4 heteroatoms. The summed E-state index contributed by atoms with van der Waals surface area (Å²) >= 11 is 0. The molecule has 0 aliphatic heterocycles. The molecule has 0 N–H and O–H groups in total. The van der Waals surface area contributed by atoms with Gasteiger partial charge in [-0.1, -0.05) is 176 Å². The third-order valence-corrected chi connectivity index (χ3v) is 10.6. The third kappa shape index (κ3) is 6.74. The van der Waals surface area contributed by atoms with Crippen LogP contribution in [0.4, 0.5) is 0 Å². The molecule has 10 aromatic rings. The van der Waals surface area contributed by atoms with E-state index in [1.54, 1.807) is 0 Å². The van der Waals surface area contributed by atoms with Gasteiger partial charge in [-0.05, 0) is 92.0 Å². The van der Waals surface area contributed by atoms with Crippen molar-refractivity contribution in [2.75, 3.05) is 0 Å². The Balaban J connectivity index is 1.24. The van der Waals surface area contributed by atoms with Gasteiger partial charge in [-0.2, -0.15) is 0 Å². The molecule has 0 bridgehead atoms. The predicted molar refractivity (Wildman–Crippen MR) is 239 cm³/mol. The van der Waals surface area contributed by atoms with E-state index in [0.29, 0.717) is 17.5 Å². The Morgan fingerprint density at radius 2 is 0.690 bits per heavy atom. The molecular formula is C54H36N4. The van der Waals surface area contributed by atoms with Crippen LogP contribution in [0, 0.1) is 0 Å². The first-order valence-electron chi connectivity index (χ1n) is 19.5. The predicted octanol–water partition coefficient (Wildman–Crippen LogP) is 13.8. The van der Waals surface area contributed by atoms with Crippen LogP contribution in [0.25, 0.3) is 101 Å². The lowest BCUT2D eigenvalue weighted by atomic mass is 9.79. The van der Waals surface area contributed by atoms with Crippen molar-refractivity contribution in [2.45, 2.75) is 0 Å². The molecule has 2 heterocycles. The minimum atomic E-state index is 0.603. The maximum absolute atomic E-state index is 5.16. The van der Waals surface area contributed by atoms with Crippen molar-refractivity contribution in [3.05, 3.63) is 219 Å². The first-order chi connectivity index (χ1) is 28.8. The fourth-order valence-corrected chi connectivity index (χ4v) is 7.85. The highest BCUT2D eigenvalue weighted by atomic mass is 15.0. The number of hydrogen-bond donors (Lipinski definition) is 0. The standard InChI is InChI=1S/C54H36N4/c1-6-18-37(19-7-1)46-36-47(50(39-22-10-3-11-23-39)51(40-24-12-4-13-25-40)49(46)38-20-8-2-9-21-38)42-28-16-29-44(34-42)53-56-52(41-26-14-5-15-27-41)57-54(58-53)45-31-32-48-43(35-45)30-17-33-55-48/h1-36H. The lowest BCUT2D eigenvalue weighted by molar-refractivity contribution is 1.07. The summed E-state index contributed by atoms with van der Waals surface area (Å²) in [7, 11) is 0. The van der Waals surface area contributed by atoms with E-state index < -0.39 is 0 Å². The molecule has 10 rings (SSSR count). The molecule has 0 saturated carbocycles. The Labute approximate surface area is 337 Å². The minimum absolute atomic E-state index is 0.603. The van der Waals surface area contributed by atoms with Gasteiger partial charge < -0.3 is 0 Å². The normalized spacial score (nSPS) is 11.1. The number of rotatable bonds is 8. The van der Waals surface area contributed by atoms with Crippen molar-refractivity contribution in [2.24, 2.45) is 0 Å². The third-order valence-electron chi connectivity index (χ3n) is 10.6. The van der Waals surface area contributed by atoms with Gasteiger partial charge in [0.2, 0.25) is 0 Å². The van der Waals surface area contributed by atoms with Gasteiger partial charge in [0.05, 0.1) is 5.52 Å². The first kappa shape index (κ1) is 34.7. The second-order valence-electron chi connectivity index (χ2n) is 14.2. The van der Waals surface area contributed by atoms with E-state index in [1.165, 1.54) is 11.1 Å². The summed E-state index contributed by atoms with van der Waals surface area (Å²) in [6.07, 6.45) is 1.81. The smallest absolute Gasteiger partial charge is 0.164 e. The van der Waals surface area contributed by atoms with Crippen molar-refractivity contribution in [1.29, 1.82) is 0 Å². The zero-order valence-corrected chi connectivity index (χ0v) is 31.6. The largest absolute Gasteiger partial charge is 0.256 e. The van der Waals surface area contributed by atoms with Gasteiger partial charge in [-0.15, -0.1) is 0 Å². The number of nitrogens with zero attached hydrogens (tertiary/aromatic N) is 4. The quantitative estimate of drug-likeness (QED) is 0.156. The maximum atomic E-state index is 5.16. The van der Waals surface area contributed by atoms with Crippen LogP contribution < -0.4 is 0 Å². The van der Waals surface area contributed by atoms with E-state index in [9.17, 15) is 0 Å². The summed E-state index contributed by atoms with van der Waals surface area (Å²) in [4.78, 5) is 19.9. The van der Waals surface area contributed by atoms with Gasteiger partial charge in [0, 0.05) is 28.3 Å². The Morgan fingerprint density at radius 1 is 0.259 bits per heavy atom. The molecule has 0 radical (unpaired) electrons. The van der Waals surface area contributed by atoms with Crippen molar-refractivity contribution in [1.82, 2.24) is 19.9 Å². The zero-order valence-electron chi connectivity index (χ0n) is 31.6. The monoisotopic (exact) mass is 740 g/mol. The Hall–Kier alpha value is -7.82. The van der Waals surface area contributed by atoms with Gasteiger partial charge in [0.25, 0.3) is 0 Å². The fraction of sp³-hybridized carbons (Fsp3) is 0. The van der Waals surface area contributed by atoms with E-state index in [-0.39, 0.29) is 0 Å². The van der Waals surface area contributed by atoms with Crippen LogP contribution in [0.5, 0.6) is 0 Å². The van der Waals surface area contributed by atoms with E-state index in [4.69, 9.17) is 15.0 Å². The van der Waals surface area contributed by atoms with Gasteiger partial charge in [-0.3, -0.25) is 4.98 Å². The number of benzene rings is 8. The Morgan fingerprint density at radius 3 is 1.26 bits per heavy atom. The number of pyridine rings is 1. The molecule has 0 spiro atoms. The second-order valence-corrected chi connectivity index (χ2v) is 14.2. The van der Waals surface area contributed by atoms with Crippen molar-refractivity contribution in [3.63, 3.8) is 0 Å².